The van der Waals surface area contributed by atoms with Crippen LogP contribution in [0.5, 0.6) is 11.5 Å². The molecule has 1 heterocycles. The largest absolute Gasteiger partial charge is 0.489 e. The lowest BCUT2D eigenvalue weighted by Gasteiger charge is -2.19. The van der Waals surface area contributed by atoms with Crippen LogP contribution in [-0.4, -0.2) is 27.3 Å². The lowest BCUT2D eigenvalue weighted by atomic mass is 10.2. The molecule has 0 amide bonds. The molecule has 0 unspecified atom stereocenters. The van der Waals surface area contributed by atoms with Crippen molar-refractivity contribution in [3.63, 3.8) is 0 Å². The molecule has 15 heavy (non-hydrogen) atoms. The summed E-state index contributed by atoms with van der Waals surface area (Å²) in [7, 11) is 3.92. The summed E-state index contributed by atoms with van der Waals surface area (Å²) >= 11 is 0. The molecule has 1 aliphatic heterocycles. The molecule has 1 aliphatic rings. The van der Waals surface area contributed by atoms with Crippen molar-refractivity contribution in [2.45, 2.75) is 6.42 Å². The van der Waals surface area contributed by atoms with Crippen molar-refractivity contribution < 1.29 is 9.47 Å². The minimum atomic E-state index is 0.684. The van der Waals surface area contributed by atoms with E-state index in [9.17, 15) is 0 Å². The molecule has 0 saturated heterocycles. The van der Waals surface area contributed by atoms with Gasteiger partial charge in [0.2, 0.25) is 0 Å². The number of nitrogens with two attached hydrogens (primary N) is 1. The van der Waals surface area contributed by atoms with E-state index in [0.29, 0.717) is 18.9 Å². The number of anilines is 2. The van der Waals surface area contributed by atoms with E-state index in [1.165, 1.54) is 0 Å². The monoisotopic (exact) mass is 208 g/mol. The fourth-order valence-electron chi connectivity index (χ4n) is 1.61. The van der Waals surface area contributed by atoms with Crippen molar-refractivity contribution >= 4 is 11.4 Å². The molecular formula is C11H16N2O2. The Hall–Kier alpha value is -1.58. The van der Waals surface area contributed by atoms with Crippen molar-refractivity contribution in [1.29, 1.82) is 0 Å². The molecule has 0 atom stereocenters. The van der Waals surface area contributed by atoms with Gasteiger partial charge in [0.1, 0.15) is 0 Å². The summed E-state index contributed by atoms with van der Waals surface area (Å²) in [6.45, 7) is 1.38. The van der Waals surface area contributed by atoms with E-state index < -0.39 is 0 Å². The van der Waals surface area contributed by atoms with Crippen LogP contribution in [0.4, 0.5) is 11.4 Å². The van der Waals surface area contributed by atoms with Gasteiger partial charge in [-0.2, -0.15) is 0 Å². The fraction of sp³-hybridized carbons (Fsp3) is 0.455. The van der Waals surface area contributed by atoms with E-state index in [1.807, 2.05) is 31.1 Å². The van der Waals surface area contributed by atoms with Gasteiger partial charge in [-0.3, -0.25) is 0 Å². The Morgan fingerprint density at radius 1 is 1.20 bits per heavy atom. The maximum atomic E-state index is 5.81. The highest BCUT2D eigenvalue weighted by atomic mass is 16.5. The molecule has 0 fully saturated rings. The average molecular weight is 208 g/mol. The molecule has 4 nitrogen and oxygen atoms in total. The zero-order valence-corrected chi connectivity index (χ0v) is 9.12. The number of fused-ring (bicyclic) bond motifs is 1. The Bertz CT molecular complexity index is 364. The van der Waals surface area contributed by atoms with Crippen molar-refractivity contribution in [2.75, 3.05) is 37.9 Å². The summed E-state index contributed by atoms with van der Waals surface area (Å²) in [5.74, 6) is 1.54. The van der Waals surface area contributed by atoms with E-state index in [-0.39, 0.29) is 0 Å². The number of rotatable bonds is 1. The average Bonchev–Trinajstić information content (AvgIpc) is 2.41. The Labute approximate surface area is 89.6 Å². The second kappa shape index (κ2) is 3.88. The first-order chi connectivity index (χ1) is 7.18. The van der Waals surface area contributed by atoms with Crippen molar-refractivity contribution in [3.05, 3.63) is 12.1 Å². The predicted molar refractivity (Wildman–Crippen MR) is 60.8 cm³/mol. The van der Waals surface area contributed by atoms with E-state index in [4.69, 9.17) is 15.2 Å². The molecule has 1 aromatic rings. The highest BCUT2D eigenvalue weighted by molar-refractivity contribution is 5.70. The summed E-state index contributed by atoms with van der Waals surface area (Å²) in [5, 5.41) is 0. The zero-order valence-electron chi connectivity index (χ0n) is 9.12. The molecule has 0 bridgehead atoms. The topological polar surface area (TPSA) is 47.7 Å². The van der Waals surface area contributed by atoms with Gasteiger partial charge >= 0.3 is 0 Å². The highest BCUT2D eigenvalue weighted by Gasteiger charge is 2.16. The second-order valence-corrected chi connectivity index (χ2v) is 3.81. The maximum absolute atomic E-state index is 5.81. The first-order valence-corrected chi connectivity index (χ1v) is 5.05. The molecule has 0 saturated carbocycles. The van der Waals surface area contributed by atoms with Crippen LogP contribution in [0.3, 0.4) is 0 Å². The summed E-state index contributed by atoms with van der Waals surface area (Å²) in [6, 6.07) is 3.71. The smallest absolute Gasteiger partial charge is 0.184 e. The van der Waals surface area contributed by atoms with E-state index in [2.05, 4.69) is 0 Å². The normalized spacial score (nSPS) is 14.5. The second-order valence-electron chi connectivity index (χ2n) is 3.81. The van der Waals surface area contributed by atoms with Crippen molar-refractivity contribution in [3.8, 4) is 11.5 Å². The molecule has 82 valence electrons. The molecule has 4 heteroatoms. The maximum Gasteiger partial charge on any atom is 0.184 e. The van der Waals surface area contributed by atoms with Gasteiger partial charge in [0.25, 0.3) is 0 Å². The minimum Gasteiger partial charge on any atom is -0.489 e. The Balaban J connectivity index is 2.50. The summed E-state index contributed by atoms with van der Waals surface area (Å²) < 4.78 is 11.3. The van der Waals surface area contributed by atoms with Crippen LogP contribution < -0.4 is 20.1 Å². The number of hydrogen-bond donors (Lipinski definition) is 1. The quantitative estimate of drug-likeness (QED) is 0.710. The Morgan fingerprint density at radius 3 is 2.67 bits per heavy atom. The van der Waals surface area contributed by atoms with Gasteiger partial charge < -0.3 is 20.1 Å². The Morgan fingerprint density at radius 2 is 1.93 bits per heavy atom. The number of nitrogens with zero attached hydrogens (tertiary/aromatic N) is 1. The molecule has 0 aliphatic carbocycles. The van der Waals surface area contributed by atoms with Crippen LogP contribution in [0.25, 0.3) is 0 Å². The van der Waals surface area contributed by atoms with Crippen molar-refractivity contribution in [1.82, 2.24) is 0 Å². The minimum absolute atomic E-state index is 0.684. The summed E-state index contributed by atoms with van der Waals surface area (Å²) in [6.07, 6.45) is 0.904. The van der Waals surface area contributed by atoms with Crippen LogP contribution in [-0.2, 0) is 0 Å². The van der Waals surface area contributed by atoms with Gasteiger partial charge in [-0.1, -0.05) is 0 Å². The van der Waals surface area contributed by atoms with Gasteiger partial charge in [-0.05, 0) is 6.07 Å². The van der Waals surface area contributed by atoms with Crippen LogP contribution in [0, 0.1) is 0 Å². The standard InChI is InChI=1S/C11H16N2O2/c1-13(2)9-6-8(12)7-10-11(9)15-5-3-4-14-10/h6-7H,3-5,12H2,1-2H3. The lowest BCUT2D eigenvalue weighted by Crippen LogP contribution is -2.11. The molecule has 1 aromatic carbocycles. The fourth-order valence-corrected chi connectivity index (χ4v) is 1.61. The lowest BCUT2D eigenvalue weighted by molar-refractivity contribution is 0.297. The van der Waals surface area contributed by atoms with Gasteiger partial charge in [-0.25, -0.2) is 0 Å². The first-order valence-electron chi connectivity index (χ1n) is 5.05. The van der Waals surface area contributed by atoms with E-state index in [0.717, 1.165) is 23.6 Å². The number of hydrogen-bond acceptors (Lipinski definition) is 4. The molecule has 0 spiro atoms. The third-order valence-corrected chi connectivity index (χ3v) is 2.33. The molecule has 2 rings (SSSR count). The zero-order chi connectivity index (χ0) is 10.8. The molecule has 2 N–H and O–H groups in total. The number of benzene rings is 1. The third kappa shape index (κ3) is 1.93. The molecule has 0 radical (unpaired) electrons. The van der Waals surface area contributed by atoms with Crippen molar-refractivity contribution in [2.24, 2.45) is 0 Å². The molecule has 0 aromatic heterocycles. The van der Waals surface area contributed by atoms with Gasteiger partial charge in [0, 0.05) is 32.3 Å². The van der Waals surface area contributed by atoms with E-state index in [1.54, 1.807) is 0 Å². The molecular weight excluding hydrogens is 192 g/mol. The SMILES string of the molecule is CN(C)c1cc(N)cc2c1OCCCO2. The van der Waals surface area contributed by atoms with Crippen LogP contribution >= 0.6 is 0 Å². The summed E-state index contributed by atoms with van der Waals surface area (Å²) in [4.78, 5) is 1.98. The van der Waals surface area contributed by atoms with Gasteiger partial charge in [0.15, 0.2) is 11.5 Å². The van der Waals surface area contributed by atoms with Crippen LogP contribution in [0.1, 0.15) is 6.42 Å². The number of ether oxygens (including phenoxy) is 2. The van der Waals surface area contributed by atoms with Gasteiger partial charge in [-0.15, -0.1) is 0 Å². The van der Waals surface area contributed by atoms with Crippen LogP contribution in [0.2, 0.25) is 0 Å². The number of nitrogen functional groups attached to an aromatic ring is 1. The third-order valence-electron chi connectivity index (χ3n) is 2.33. The predicted octanol–water partition coefficient (Wildman–Crippen LogP) is 1.50. The first kappa shape index (κ1) is 9.96. The Kier molecular flexibility index (Phi) is 2.58. The summed E-state index contributed by atoms with van der Waals surface area (Å²) in [5.41, 5.74) is 7.47. The van der Waals surface area contributed by atoms with Gasteiger partial charge in [0.05, 0.1) is 18.9 Å². The van der Waals surface area contributed by atoms with Crippen LogP contribution in [0.15, 0.2) is 12.1 Å². The van der Waals surface area contributed by atoms with E-state index >= 15 is 0 Å². The highest BCUT2D eigenvalue weighted by Crippen LogP contribution is 2.40.